The summed E-state index contributed by atoms with van der Waals surface area (Å²) in [6.07, 6.45) is 0. The molecule has 1 aliphatic carbocycles. The zero-order valence-corrected chi connectivity index (χ0v) is 14.2. The zero-order chi connectivity index (χ0) is 16.7. The molecule has 0 spiro atoms. The maximum atomic E-state index is 13.1. The molecule has 1 heterocycles. The summed E-state index contributed by atoms with van der Waals surface area (Å²) < 4.78 is 0. The Labute approximate surface area is 145 Å². The van der Waals surface area contributed by atoms with Gasteiger partial charge in [0.05, 0.1) is 10.8 Å². The highest BCUT2D eigenvalue weighted by molar-refractivity contribution is 8.04. The molecule has 0 radical (unpaired) electrons. The summed E-state index contributed by atoms with van der Waals surface area (Å²) in [5.41, 5.74) is 3.63. The molecule has 0 N–H and O–H groups in total. The first kappa shape index (κ1) is 15.2. The van der Waals surface area contributed by atoms with Gasteiger partial charge in [-0.05, 0) is 18.1 Å². The Bertz CT molecular complexity index is 857. The van der Waals surface area contributed by atoms with Crippen LogP contribution >= 0.6 is 11.8 Å². The second kappa shape index (κ2) is 5.95. The van der Waals surface area contributed by atoms with Gasteiger partial charge in [-0.15, -0.1) is 0 Å². The Hall–Kier alpha value is -2.33. The molecule has 1 fully saturated rings. The van der Waals surface area contributed by atoms with Gasteiger partial charge in [0, 0.05) is 23.6 Å². The van der Waals surface area contributed by atoms with Crippen LogP contribution in [0.1, 0.15) is 34.3 Å². The van der Waals surface area contributed by atoms with Gasteiger partial charge in [-0.3, -0.25) is 9.59 Å². The number of fused-ring (bicyclic) bond motifs is 1. The lowest BCUT2D eigenvalue weighted by Crippen LogP contribution is -2.26. The maximum Gasteiger partial charge on any atom is 0.237 e. The lowest BCUT2D eigenvalue weighted by atomic mass is 9.90. The molecule has 0 bridgehead atoms. The number of amides is 1. The highest BCUT2D eigenvalue weighted by atomic mass is 32.2. The van der Waals surface area contributed by atoms with Crippen molar-refractivity contribution >= 4 is 23.5 Å². The number of hydrogen-bond acceptors (Lipinski definition) is 3. The van der Waals surface area contributed by atoms with Crippen molar-refractivity contribution in [2.45, 2.75) is 12.8 Å². The van der Waals surface area contributed by atoms with E-state index in [2.05, 4.69) is 12.1 Å². The van der Waals surface area contributed by atoms with E-state index >= 15 is 0 Å². The average Bonchev–Trinajstić information content (AvgIpc) is 3.13. The number of rotatable bonds is 2. The first-order chi connectivity index (χ1) is 11.7. The average molecular weight is 335 g/mol. The van der Waals surface area contributed by atoms with Gasteiger partial charge in [-0.2, -0.15) is 0 Å². The minimum Gasteiger partial charge on any atom is -0.306 e. The zero-order valence-electron chi connectivity index (χ0n) is 13.4. The predicted molar refractivity (Wildman–Crippen MR) is 95.9 cm³/mol. The molecule has 3 nitrogen and oxygen atoms in total. The van der Waals surface area contributed by atoms with Gasteiger partial charge >= 0.3 is 0 Å². The second-order valence-electron chi connectivity index (χ2n) is 5.91. The fourth-order valence-electron chi connectivity index (χ4n) is 3.54. The van der Waals surface area contributed by atoms with Crippen LogP contribution in [-0.2, 0) is 4.79 Å². The van der Waals surface area contributed by atoms with Crippen molar-refractivity contribution in [1.29, 1.82) is 0 Å². The van der Waals surface area contributed by atoms with Crippen molar-refractivity contribution in [3.8, 4) is 0 Å². The Morgan fingerprint density at radius 2 is 1.75 bits per heavy atom. The number of Topliss-reactive ketones (excluding diaryl/α,β-unsaturated/α-hetero) is 1. The highest BCUT2D eigenvalue weighted by Crippen LogP contribution is 2.47. The van der Waals surface area contributed by atoms with Gasteiger partial charge in [0.25, 0.3) is 0 Å². The van der Waals surface area contributed by atoms with E-state index in [1.165, 1.54) is 11.8 Å². The van der Waals surface area contributed by atoms with Gasteiger partial charge in [-0.1, -0.05) is 66.4 Å². The van der Waals surface area contributed by atoms with Crippen LogP contribution < -0.4 is 0 Å². The van der Waals surface area contributed by atoms with E-state index < -0.39 is 0 Å². The van der Waals surface area contributed by atoms with Crippen molar-refractivity contribution in [3.05, 3.63) is 81.9 Å². The van der Waals surface area contributed by atoms with Gasteiger partial charge in [0.2, 0.25) is 5.91 Å². The van der Waals surface area contributed by atoms with E-state index in [0.29, 0.717) is 12.3 Å². The van der Waals surface area contributed by atoms with Crippen molar-refractivity contribution in [1.82, 2.24) is 4.90 Å². The second-order valence-corrected chi connectivity index (χ2v) is 6.87. The van der Waals surface area contributed by atoms with E-state index in [9.17, 15) is 9.59 Å². The Morgan fingerprint density at radius 1 is 1.04 bits per heavy atom. The van der Waals surface area contributed by atoms with Gasteiger partial charge in [-0.25, -0.2) is 0 Å². The monoisotopic (exact) mass is 335 g/mol. The van der Waals surface area contributed by atoms with Crippen molar-refractivity contribution in [2.24, 2.45) is 0 Å². The van der Waals surface area contributed by atoms with Crippen molar-refractivity contribution in [3.63, 3.8) is 0 Å². The molecule has 1 atom stereocenters. The molecule has 1 saturated heterocycles. The predicted octanol–water partition coefficient (Wildman–Crippen LogP) is 3.82. The molecule has 1 aliphatic heterocycles. The van der Waals surface area contributed by atoms with Gasteiger partial charge < -0.3 is 4.90 Å². The van der Waals surface area contributed by atoms with Crippen molar-refractivity contribution in [2.75, 3.05) is 12.3 Å². The van der Waals surface area contributed by atoms with E-state index in [1.807, 2.05) is 49.4 Å². The standard InChI is InChI=1S/C20H17NO2S/c1-2-21-16(22)12-24-20(21)18-17(13-8-4-3-5-9-13)14-10-6-7-11-15(14)19(18)23/h3-11,17H,2,12H2,1H3. The SMILES string of the molecule is CCN1C(=O)CSC1=C1C(=O)c2ccccc2C1c1ccccc1. The summed E-state index contributed by atoms with van der Waals surface area (Å²) in [6.45, 7) is 2.55. The minimum atomic E-state index is -0.0997. The maximum absolute atomic E-state index is 13.1. The van der Waals surface area contributed by atoms with E-state index in [-0.39, 0.29) is 17.6 Å². The molecule has 0 saturated carbocycles. The van der Waals surface area contributed by atoms with Gasteiger partial charge in [0.15, 0.2) is 5.78 Å². The number of ketones is 1. The van der Waals surface area contributed by atoms with Crippen LogP contribution in [-0.4, -0.2) is 28.9 Å². The Morgan fingerprint density at radius 3 is 2.50 bits per heavy atom. The van der Waals surface area contributed by atoms with Crippen LogP contribution in [0.2, 0.25) is 0 Å². The molecule has 1 unspecified atom stereocenters. The minimum absolute atomic E-state index is 0.0510. The quantitative estimate of drug-likeness (QED) is 0.783. The Balaban J connectivity index is 1.96. The molecule has 24 heavy (non-hydrogen) atoms. The molecule has 0 aromatic heterocycles. The largest absolute Gasteiger partial charge is 0.306 e. The number of carbonyl (C=O) groups is 2. The lowest BCUT2D eigenvalue weighted by Gasteiger charge is -2.20. The Kier molecular flexibility index (Phi) is 3.77. The molecule has 2 aromatic carbocycles. The molecule has 4 heteroatoms. The molecule has 2 aromatic rings. The topological polar surface area (TPSA) is 37.4 Å². The number of benzene rings is 2. The van der Waals surface area contributed by atoms with Crippen molar-refractivity contribution < 1.29 is 9.59 Å². The highest BCUT2D eigenvalue weighted by Gasteiger charge is 2.41. The number of thioether (sulfide) groups is 1. The molecule has 120 valence electrons. The third kappa shape index (κ3) is 2.21. The van der Waals surface area contributed by atoms with Crippen LogP contribution in [0.15, 0.2) is 65.2 Å². The third-order valence-corrected chi connectivity index (χ3v) is 5.71. The summed E-state index contributed by atoms with van der Waals surface area (Å²) >= 11 is 1.49. The van der Waals surface area contributed by atoms with E-state index in [0.717, 1.165) is 27.3 Å². The van der Waals surface area contributed by atoms with Crippen LogP contribution in [0.25, 0.3) is 0 Å². The lowest BCUT2D eigenvalue weighted by molar-refractivity contribution is -0.125. The molecule has 2 aliphatic rings. The fraction of sp³-hybridized carbons (Fsp3) is 0.200. The number of allylic oxidation sites excluding steroid dienone is 1. The number of nitrogens with zero attached hydrogens (tertiary/aromatic N) is 1. The summed E-state index contributed by atoms with van der Waals surface area (Å²) in [5, 5.41) is 0.831. The normalized spacial score (nSPS) is 23.0. The van der Waals surface area contributed by atoms with E-state index in [4.69, 9.17) is 0 Å². The molecule has 4 rings (SSSR count). The summed E-state index contributed by atoms with van der Waals surface area (Å²) in [4.78, 5) is 27.0. The summed E-state index contributed by atoms with van der Waals surface area (Å²) in [7, 11) is 0. The number of hydrogen-bond donors (Lipinski definition) is 0. The first-order valence-electron chi connectivity index (χ1n) is 8.08. The fourth-order valence-corrected chi connectivity index (χ4v) is 4.71. The van der Waals surface area contributed by atoms with Crippen LogP contribution in [0, 0.1) is 0 Å². The van der Waals surface area contributed by atoms with Crippen LogP contribution in [0.5, 0.6) is 0 Å². The van der Waals surface area contributed by atoms with Crippen LogP contribution in [0.4, 0.5) is 0 Å². The molecule has 1 amide bonds. The smallest absolute Gasteiger partial charge is 0.237 e. The first-order valence-corrected chi connectivity index (χ1v) is 9.06. The molecular formula is C20H17NO2S. The van der Waals surface area contributed by atoms with Gasteiger partial charge in [0.1, 0.15) is 0 Å². The van der Waals surface area contributed by atoms with E-state index in [1.54, 1.807) is 4.90 Å². The summed E-state index contributed by atoms with van der Waals surface area (Å²) in [6, 6.07) is 17.9. The third-order valence-electron chi connectivity index (χ3n) is 4.61. The van der Waals surface area contributed by atoms with Crippen LogP contribution in [0.3, 0.4) is 0 Å². The number of carbonyl (C=O) groups excluding carboxylic acids is 2. The summed E-state index contributed by atoms with van der Waals surface area (Å²) in [5.74, 6) is 0.450. The molecular weight excluding hydrogens is 318 g/mol.